The summed E-state index contributed by atoms with van der Waals surface area (Å²) in [5, 5.41) is 11.6. The quantitative estimate of drug-likeness (QED) is 0.118. The topological polar surface area (TPSA) is 159 Å². The number of rotatable bonds is 11. The first kappa shape index (κ1) is 42.1. The largest absolute Gasteiger partial charge is 0.487 e. The van der Waals surface area contributed by atoms with Crippen LogP contribution in [-0.2, 0) is 32.6 Å². The van der Waals surface area contributed by atoms with Gasteiger partial charge in [0.25, 0.3) is 0 Å². The van der Waals surface area contributed by atoms with E-state index >= 15 is 0 Å². The van der Waals surface area contributed by atoms with Crippen LogP contribution in [0.2, 0.25) is 10.0 Å². The molecular formula is C37H42Cl4N6O5S. The molecule has 16 heteroatoms. The van der Waals surface area contributed by atoms with E-state index in [1.165, 1.54) is 16.4 Å². The van der Waals surface area contributed by atoms with Crippen molar-refractivity contribution < 1.29 is 22.7 Å². The Morgan fingerprint density at radius 1 is 0.981 bits per heavy atom. The summed E-state index contributed by atoms with van der Waals surface area (Å²) < 4.78 is 35.3. The fourth-order valence-corrected chi connectivity index (χ4v) is 9.17. The van der Waals surface area contributed by atoms with Crippen molar-refractivity contribution in [1.82, 2.24) is 19.5 Å². The summed E-state index contributed by atoms with van der Waals surface area (Å²) in [6, 6.07) is 18.5. The number of nitrogens with two attached hydrogens (primary N) is 1. The second-order valence-electron chi connectivity index (χ2n) is 13.0. The van der Waals surface area contributed by atoms with Crippen LogP contribution in [0.5, 0.6) is 5.75 Å². The average molecular weight is 825 g/mol. The highest BCUT2D eigenvalue weighted by atomic mass is 35.5. The lowest BCUT2D eigenvalue weighted by Gasteiger charge is -2.32. The number of pyridine rings is 1. The minimum atomic E-state index is -4.17. The van der Waals surface area contributed by atoms with E-state index in [2.05, 4.69) is 10.3 Å². The van der Waals surface area contributed by atoms with Crippen LogP contribution in [0, 0.1) is 18.3 Å². The Labute approximate surface area is 331 Å². The Kier molecular flexibility index (Phi) is 14.4. The van der Waals surface area contributed by atoms with Crippen molar-refractivity contribution >= 4 is 86.6 Å². The zero-order valence-corrected chi connectivity index (χ0v) is 33.0. The molecule has 6 rings (SSSR count). The summed E-state index contributed by atoms with van der Waals surface area (Å²) in [5.41, 5.74) is 8.81. The van der Waals surface area contributed by atoms with E-state index in [0.717, 1.165) is 29.5 Å². The summed E-state index contributed by atoms with van der Waals surface area (Å²) >= 11 is 13.3. The van der Waals surface area contributed by atoms with Gasteiger partial charge >= 0.3 is 0 Å². The second-order valence-corrected chi connectivity index (χ2v) is 15.7. The second kappa shape index (κ2) is 18.1. The number of likely N-dealkylation sites (tertiary alicyclic amines) is 1. The summed E-state index contributed by atoms with van der Waals surface area (Å²) in [6.45, 7) is 3.53. The van der Waals surface area contributed by atoms with Crippen LogP contribution in [0.25, 0.3) is 10.9 Å². The van der Waals surface area contributed by atoms with Crippen LogP contribution in [0.3, 0.4) is 0 Å². The van der Waals surface area contributed by atoms with E-state index in [0.29, 0.717) is 54.9 Å². The molecular weight excluding hydrogens is 782 g/mol. The summed E-state index contributed by atoms with van der Waals surface area (Å²) in [4.78, 5) is 32.6. The summed E-state index contributed by atoms with van der Waals surface area (Å²) in [5.74, 6) is 0.333. The van der Waals surface area contributed by atoms with Crippen LogP contribution in [0.15, 0.2) is 71.6 Å². The van der Waals surface area contributed by atoms with E-state index in [1.807, 2.05) is 48.2 Å². The van der Waals surface area contributed by atoms with E-state index in [1.54, 1.807) is 18.2 Å². The molecule has 0 bridgehead atoms. The highest BCUT2D eigenvalue weighted by molar-refractivity contribution is 7.89. The number of fused-ring (bicyclic) bond motifs is 1. The number of aromatic nitrogens is 1. The van der Waals surface area contributed by atoms with Crippen LogP contribution in [0.4, 0.5) is 0 Å². The minimum Gasteiger partial charge on any atom is -0.487 e. The van der Waals surface area contributed by atoms with Crippen LogP contribution >= 0.6 is 48.0 Å². The number of halogens is 4. The molecule has 11 nitrogen and oxygen atoms in total. The third-order valence-corrected chi connectivity index (χ3v) is 12.4. The SMILES string of the molecule is Cc1ccc2cccc(OCc3c(Cl)ccc(S(=O)(=O)N4CCC[C@H]4C(=O)NCC4CCN(C(=O)Cc5ccc(C(=N)N)cc5)CC4)c3Cl)c2n1.Cl.Cl. The standard InChI is InChI=1S/C37H40Cl2N6O5S.2ClH/c1-23-7-10-26-4-2-6-31(35(26)43-23)50-22-28-29(38)13-14-32(34(28)39)51(48,49)45-17-3-5-30(45)37(47)42-21-25-15-18-44(19-16-25)33(46)20-24-8-11-27(12-9-24)36(40)41;;/h2,4,6-14,25,30H,3,5,15-22H2,1H3,(H3,40,41)(H,42,47);2*1H/t30-;;/m0../s1. The Morgan fingerprint density at radius 2 is 1.70 bits per heavy atom. The number of carbonyl (C=O) groups excluding carboxylic acids is 2. The first-order valence-corrected chi connectivity index (χ1v) is 19.1. The number of amides is 2. The number of piperidine rings is 1. The van der Waals surface area contributed by atoms with Gasteiger partial charge in [0.2, 0.25) is 21.8 Å². The third kappa shape index (κ3) is 9.54. The Balaban J connectivity index is 0.00000314. The van der Waals surface area contributed by atoms with Crippen molar-refractivity contribution in [3.63, 3.8) is 0 Å². The maximum Gasteiger partial charge on any atom is 0.245 e. The molecule has 2 aliphatic rings. The lowest BCUT2D eigenvalue weighted by atomic mass is 9.96. The number of benzene rings is 3. The molecule has 0 unspecified atom stereocenters. The number of sulfonamides is 1. The normalized spacial score (nSPS) is 16.4. The number of nitrogens with one attached hydrogen (secondary N) is 2. The predicted molar refractivity (Wildman–Crippen MR) is 212 cm³/mol. The van der Waals surface area contributed by atoms with E-state index in [-0.39, 0.29) is 82.9 Å². The molecule has 284 valence electrons. The number of hydrogen-bond acceptors (Lipinski definition) is 7. The van der Waals surface area contributed by atoms with Crippen molar-refractivity contribution in [2.45, 2.75) is 56.6 Å². The first-order chi connectivity index (χ1) is 24.4. The van der Waals surface area contributed by atoms with E-state index in [4.69, 9.17) is 39.1 Å². The maximum atomic E-state index is 14.0. The molecule has 2 fully saturated rings. The van der Waals surface area contributed by atoms with Gasteiger partial charge in [-0.1, -0.05) is 65.7 Å². The number of nitrogen functional groups attached to an aromatic ring is 1. The van der Waals surface area contributed by atoms with Gasteiger partial charge in [-0.2, -0.15) is 4.31 Å². The summed E-state index contributed by atoms with van der Waals surface area (Å²) in [7, 11) is -4.17. The Hall–Kier alpha value is -3.65. The minimum absolute atomic E-state index is 0. The number of hydrogen-bond donors (Lipinski definition) is 3. The van der Waals surface area contributed by atoms with Crippen molar-refractivity contribution in [3.8, 4) is 5.75 Å². The molecule has 2 aliphatic heterocycles. The molecule has 4 N–H and O–H groups in total. The highest BCUT2D eigenvalue weighted by Crippen LogP contribution is 2.36. The number of ether oxygens (including phenoxy) is 1. The molecule has 3 aromatic carbocycles. The van der Waals surface area contributed by atoms with E-state index < -0.39 is 16.1 Å². The molecule has 1 atom stereocenters. The lowest BCUT2D eigenvalue weighted by Crippen LogP contribution is -2.48. The molecule has 1 aromatic heterocycles. The van der Waals surface area contributed by atoms with Gasteiger partial charge in [0.15, 0.2) is 0 Å². The van der Waals surface area contributed by atoms with Crippen molar-refractivity contribution in [3.05, 3.63) is 99.2 Å². The molecule has 0 spiro atoms. The smallest absolute Gasteiger partial charge is 0.245 e. The van der Waals surface area contributed by atoms with Crippen molar-refractivity contribution in [2.75, 3.05) is 26.2 Å². The maximum absolute atomic E-state index is 14.0. The number of carbonyl (C=O) groups is 2. The molecule has 3 heterocycles. The fourth-order valence-electron chi connectivity index (χ4n) is 6.65. The van der Waals surface area contributed by atoms with Gasteiger partial charge < -0.3 is 20.7 Å². The molecule has 0 saturated carbocycles. The van der Waals surface area contributed by atoms with Gasteiger partial charge in [0, 0.05) is 53.4 Å². The Bertz CT molecular complexity index is 2080. The van der Waals surface area contributed by atoms with Crippen LogP contribution in [0.1, 0.15) is 48.1 Å². The molecule has 0 radical (unpaired) electrons. The highest BCUT2D eigenvalue weighted by Gasteiger charge is 2.41. The molecule has 0 aliphatic carbocycles. The summed E-state index contributed by atoms with van der Waals surface area (Å²) in [6.07, 6.45) is 2.63. The van der Waals surface area contributed by atoms with Gasteiger partial charge in [0.1, 0.15) is 34.6 Å². The number of para-hydroxylation sites is 1. The van der Waals surface area contributed by atoms with Gasteiger partial charge in [-0.25, -0.2) is 13.4 Å². The zero-order chi connectivity index (χ0) is 36.3. The number of aryl methyl sites for hydroxylation is 1. The van der Waals surface area contributed by atoms with Crippen molar-refractivity contribution in [1.29, 1.82) is 5.41 Å². The van der Waals surface area contributed by atoms with E-state index in [9.17, 15) is 18.0 Å². The average Bonchev–Trinajstić information content (AvgIpc) is 3.62. The number of nitrogens with zero attached hydrogens (tertiary/aromatic N) is 3. The van der Waals surface area contributed by atoms with Gasteiger partial charge in [-0.3, -0.25) is 15.0 Å². The molecule has 2 amide bonds. The Morgan fingerprint density at radius 3 is 2.40 bits per heavy atom. The third-order valence-electron chi connectivity index (χ3n) is 9.59. The molecule has 2 saturated heterocycles. The van der Waals surface area contributed by atoms with Gasteiger partial charge in [-0.05, 0) is 68.4 Å². The number of amidine groups is 1. The fraction of sp³-hybridized carbons (Fsp3) is 0.351. The predicted octanol–water partition coefficient (Wildman–Crippen LogP) is 6.31. The first-order valence-electron chi connectivity index (χ1n) is 16.9. The van der Waals surface area contributed by atoms with Crippen molar-refractivity contribution in [2.24, 2.45) is 11.7 Å². The molecule has 4 aromatic rings. The van der Waals surface area contributed by atoms with Gasteiger partial charge in [0.05, 0.1) is 11.4 Å². The zero-order valence-electron chi connectivity index (χ0n) is 29.0. The lowest BCUT2D eigenvalue weighted by molar-refractivity contribution is -0.132. The van der Waals surface area contributed by atoms with Gasteiger partial charge in [-0.15, -0.1) is 24.8 Å². The van der Waals surface area contributed by atoms with Crippen LogP contribution in [-0.4, -0.2) is 72.5 Å². The molecule has 53 heavy (non-hydrogen) atoms. The monoisotopic (exact) mass is 822 g/mol. The van der Waals surface area contributed by atoms with Crippen LogP contribution < -0.4 is 15.8 Å².